The van der Waals surface area contributed by atoms with Gasteiger partial charge in [0, 0.05) is 12.4 Å². The molecule has 1 aromatic carbocycles. The molecule has 22 heavy (non-hydrogen) atoms. The maximum absolute atomic E-state index is 11.9. The Morgan fingerprint density at radius 2 is 2.00 bits per heavy atom. The highest BCUT2D eigenvalue weighted by molar-refractivity contribution is 7.16. The Kier molecular flexibility index (Phi) is 4.75. The van der Waals surface area contributed by atoms with Crippen LogP contribution in [0.1, 0.15) is 17.5 Å². The topological polar surface area (TPSA) is 52.1 Å². The Balaban J connectivity index is 1.44. The second kappa shape index (κ2) is 7.13. The van der Waals surface area contributed by atoms with Gasteiger partial charge in [-0.05, 0) is 48.2 Å². The Morgan fingerprint density at radius 1 is 1.14 bits per heavy atom. The second-order valence-electron chi connectivity index (χ2n) is 5.01. The van der Waals surface area contributed by atoms with Gasteiger partial charge in [-0.3, -0.25) is 9.78 Å². The lowest BCUT2D eigenvalue weighted by Crippen LogP contribution is -2.09. The normalized spacial score (nSPS) is 10.7. The molecule has 0 aliphatic carbocycles. The number of pyridine rings is 1. The summed E-state index contributed by atoms with van der Waals surface area (Å²) >= 11 is 1.58. The van der Waals surface area contributed by atoms with E-state index in [-0.39, 0.29) is 5.97 Å². The van der Waals surface area contributed by atoms with Gasteiger partial charge in [0.15, 0.2) is 0 Å². The highest BCUT2D eigenvalue weighted by atomic mass is 32.1. The molecule has 0 radical (unpaired) electrons. The molecule has 0 bridgehead atoms. The average Bonchev–Trinajstić information content (AvgIpc) is 3.00. The van der Waals surface area contributed by atoms with Crippen LogP contribution in [0.2, 0.25) is 0 Å². The minimum Gasteiger partial charge on any atom is -0.465 e. The SMILES string of the molecule is O=C(Cc1ccc2ncsc2c1)OCCCc1ccncc1. The lowest BCUT2D eigenvalue weighted by atomic mass is 10.1. The van der Waals surface area contributed by atoms with Crippen molar-refractivity contribution in [1.29, 1.82) is 0 Å². The molecule has 4 nitrogen and oxygen atoms in total. The Labute approximate surface area is 132 Å². The molecule has 0 spiro atoms. The maximum atomic E-state index is 11.9. The number of thiazole rings is 1. The van der Waals surface area contributed by atoms with Gasteiger partial charge in [-0.1, -0.05) is 6.07 Å². The number of aryl methyl sites for hydroxylation is 1. The van der Waals surface area contributed by atoms with Crippen LogP contribution < -0.4 is 0 Å². The van der Waals surface area contributed by atoms with Gasteiger partial charge in [0.1, 0.15) is 0 Å². The van der Waals surface area contributed by atoms with E-state index in [0.717, 1.165) is 28.6 Å². The number of carbonyl (C=O) groups is 1. The number of carbonyl (C=O) groups excluding carboxylic acids is 1. The lowest BCUT2D eigenvalue weighted by Gasteiger charge is -2.05. The first-order chi connectivity index (χ1) is 10.8. The molecule has 3 rings (SSSR count). The average molecular weight is 312 g/mol. The van der Waals surface area contributed by atoms with E-state index in [2.05, 4.69) is 9.97 Å². The summed E-state index contributed by atoms with van der Waals surface area (Å²) in [6, 6.07) is 9.83. The van der Waals surface area contributed by atoms with E-state index in [1.165, 1.54) is 5.56 Å². The van der Waals surface area contributed by atoms with Crippen LogP contribution in [-0.4, -0.2) is 22.5 Å². The zero-order valence-corrected chi connectivity index (χ0v) is 12.9. The van der Waals surface area contributed by atoms with Crippen molar-refractivity contribution >= 4 is 27.5 Å². The molecule has 2 aromatic heterocycles. The van der Waals surface area contributed by atoms with Crippen LogP contribution in [0.25, 0.3) is 10.2 Å². The van der Waals surface area contributed by atoms with Gasteiger partial charge in [-0.15, -0.1) is 11.3 Å². The van der Waals surface area contributed by atoms with Crippen molar-refractivity contribution in [2.75, 3.05) is 6.61 Å². The van der Waals surface area contributed by atoms with Gasteiger partial charge in [0.2, 0.25) is 0 Å². The Bertz CT molecular complexity index is 755. The standard InChI is InChI=1S/C17H16N2O2S/c20-17(21-9-1-2-13-5-7-18-8-6-13)11-14-3-4-15-16(10-14)22-12-19-15/h3-8,10,12H,1-2,9,11H2. The number of benzene rings is 1. The second-order valence-corrected chi connectivity index (χ2v) is 5.90. The van der Waals surface area contributed by atoms with Gasteiger partial charge in [0.25, 0.3) is 0 Å². The number of ether oxygens (including phenoxy) is 1. The first kappa shape index (κ1) is 14.7. The van der Waals surface area contributed by atoms with Crippen LogP contribution in [0.4, 0.5) is 0 Å². The molecule has 0 saturated carbocycles. The minimum absolute atomic E-state index is 0.182. The molecule has 112 valence electrons. The molecule has 0 amide bonds. The van der Waals surface area contributed by atoms with Crippen molar-refractivity contribution in [3.8, 4) is 0 Å². The number of hydrogen-bond donors (Lipinski definition) is 0. The third kappa shape index (κ3) is 3.89. The molecule has 0 N–H and O–H groups in total. The third-order valence-electron chi connectivity index (χ3n) is 3.37. The van der Waals surface area contributed by atoms with Crippen LogP contribution in [0.3, 0.4) is 0 Å². The van der Waals surface area contributed by atoms with E-state index in [4.69, 9.17) is 4.74 Å². The molecule has 3 aromatic rings. The number of aromatic nitrogens is 2. The van der Waals surface area contributed by atoms with Gasteiger partial charge in [-0.2, -0.15) is 0 Å². The quantitative estimate of drug-likeness (QED) is 0.517. The fourth-order valence-corrected chi connectivity index (χ4v) is 2.98. The summed E-state index contributed by atoms with van der Waals surface area (Å²) in [6.07, 6.45) is 5.57. The van der Waals surface area contributed by atoms with Crippen molar-refractivity contribution in [2.24, 2.45) is 0 Å². The summed E-state index contributed by atoms with van der Waals surface area (Å²) < 4.78 is 6.39. The highest BCUT2D eigenvalue weighted by Gasteiger charge is 2.06. The molecule has 5 heteroatoms. The molecular weight excluding hydrogens is 296 g/mol. The monoisotopic (exact) mass is 312 g/mol. The van der Waals surface area contributed by atoms with Gasteiger partial charge in [-0.25, -0.2) is 4.98 Å². The van der Waals surface area contributed by atoms with E-state index >= 15 is 0 Å². The van der Waals surface area contributed by atoms with Crippen molar-refractivity contribution < 1.29 is 9.53 Å². The van der Waals surface area contributed by atoms with Crippen LogP contribution in [-0.2, 0) is 22.4 Å². The van der Waals surface area contributed by atoms with E-state index < -0.39 is 0 Å². The fraction of sp³-hybridized carbons (Fsp3) is 0.235. The zero-order chi connectivity index (χ0) is 15.2. The summed E-state index contributed by atoms with van der Waals surface area (Å²) in [4.78, 5) is 20.1. The number of nitrogens with zero attached hydrogens (tertiary/aromatic N) is 2. The van der Waals surface area contributed by atoms with Crippen LogP contribution >= 0.6 is 11.3 Å². The predicted molar refractivity (Wildman–Crippen MR) is 86.8 cm³/mol. The van der Waals surface area contributed by atoms with E-state index in [1.54, 1.807) is 23.7 Å². The number of hydrogen-bond acceptors (Lipinski definition) is 5. The van der Waals surface area contributed by atoms with Crippen molar-refractivity contribution in [2.45, 2.75) is 19.3 Å². The third-order valence-corrected chi connectivity index (χ3v) is 4.16. The number of fused-ring (bicyclic) bond motifs is 1. The van der Waals surface area contributed by atoms with Crippen molar-refractivity contribution in [3.63, 3.8) is 0 Å². The number of rotatable bonds is 6. The zero-order valence-electron chi connectivity index (χ0n) is 12.1. The smallest absolute Gasteiger partial charge is 0.310 e. The molecular formula is C17H16N2O2S. The van der Waals surface area contributed by atoms with Gasteiger partial charge >= 0.3 is 5.97 Å². The summed E-state index contributed by atoms with van der Waals surface area (Å²) in [7, 11) is 0. The van der Waals surface area contributed by atoms with Crippen molar-refractivity contribution in [1.82, 2.24) is 9.97 Å². The van der Waals surface area contributed by atoms with E-state index in [0.29, 0.717) is 13.0 Å². The molecule has 0 unspecified atom stereocenters. The Hall–Kier alpha value is -2.27. The minimum atomic E-state index is -0.182. The maximum Gasteiger partial charge on any atom is 0.310 e. The van der Waals surface area contributed by atoms with Gasteiger partial charge in [0.05, 0.1) is 28.8 Å². The molecule has 0 fully saturated rings. The van der Waals surface area contributed by atoms with E-state index in [9.17, 15) is 4.79 Å². The summed E-state index contributed by atoms with van der Waals surface area (Å²) in [5.74, 6) is -0.182. The fourth-order valence-electron chi connectivity index (χ4n) is 2.24. The van der Waals surface area contributed by atoms with Gasteiger partial charge < -0.3 is 4.74 Å². The summed E-state index contributed by atoms with van der Waals surface area (Å²) in [5.41, 5.74) is 4.96. The first-order valence-electron chi connectivity index (χ1n) is 7.18. The number of esters is 1. The molecule has 0 saturated heterocycles. The van der Waals surface area contributed by atoms with Crippen LogP contribution in [0.5, 0.6) is 0 Å². The molecule has 0 aliphatic rings. The van der Waals surface area contributed by atoms with Crippen molar-refractivity contribution in [3.05, 3.63) is 59.4 Å². The highest BCUT2D eigenvalue weighted by Crippen LogP contribution is 2.19. The predicted octanol–water partition coefficient (Wildman–Crippen LogP) is 3.41. The molecule has 0 atom stereocenters. The first-order valence-corrected chi connectivity index (χ1v) is 8.06. The van der Waals surface area contributed by atoms with E-state index in [1.807, 2.05) is 35.8 Å². The van der Waals surface area contributed by atoms with Crippen LogP contribution in [0, 0.1) is 0 Å². The lowest BCUT2D eigenvalue weighted by molar-refractivity contribution is -0.142. The largest absolute Gasteiger partial charge is 0.465 e. The summed E-state index contributed by atoms with van der Waals surface area (Å²) in [6.45, 7) is 0.448. The summed E-state index contributed by atoms with van der Waals surface area (Å²) in [5, 5.41) is 0. The molecule has 2 heterocycles. The molecule has 0 aliphatic heterocycles. The van der Waals surface area contributed by atoms with Crippen LogP contribution in [0.15, 0.2) is 48.2 Å². The Morgan fingerprint density at radius 3 is 2.86 bits per heavy atom.